The van der Waals surface area contributed by atoms with Crippen LogP contribution in [-0.2, 0) is 0 Å². The van der Waals surface area contributed by atoms with E-state index >= 15 is 0 Å². The summed E-state index contributed by atoms with van der Waals surface area (Å²) >= 11 is 0. The molecule has 0 saturated carbocycles. The molecule has 0 bridgehead atoms. The molecule has 0 fully saturated rings. The summed E-state index contributed by atoms with van der Waals surface area (Å²) < 4.78 is 0. The number of anilines is 2. The van der Waals surface area contributed by atoms with Gasteiger partial charge in [-0.25, -0.2) is 0 Å². The summed E-state index contributed by atoms with van der Waals surface area (Å²) in [4.78, 5) is 2.47. The van der Waals surface area contributed by atoms with E-state index < -0.39 is 0 Å². The molecule has 1 aliphatic carbocycles. The molecule has 0 spiro atoms. The second kappa shape index (κ2) is 15.1. The summed E-state index contributed by atoms with van der Waals surface area (Å²) in [6, 6.07) is 77.3. The summed E-state index contributed by atoms with van der Waals surface area (Å²) in [6.45, 7) is 0. The Morgan fingerprint density at radius 1 is 0.298 bits per heavy atom. The minimum atomic E-state index is 0.932. The van der Waals surface area contributed by atoms with Gasteiger partial charge in [0.15, 0.2) is 0 Å². The summed E-state index contributed by atoms with van der Waals surface area (Å²) in [5.41, 5.74) is 16.0. The van der Waals surface area contributed by atoms with Gasteiger partial charge in [0.2, 0.25) is 0 Å². The first-order valence-corrected chi connectivity index (χ1v) is 19.9. The maximum absolute atomic E-state index is 2.47. The maximum Gasteiger partial charge on any atom is 0.0465 e. The van der Waals surface area contributed by atoms with Crippen LogP contribution >= 0.6 is 0 Å². The zero-order valence-electron chi connectivity index (χ0n) is 31.7. The van der Waals surface area contributed by atoms with Crippen LogP contribution in [0.25, 0.3) is 71.6 Å². The van der Waals surface area contributed by atoms with Crippen LogP contribution < -0.4 is 4.90 Å². The third-order valence-electron chi connectivity index (χ3n) is 11.4. The van der Waals surface area contributed by atoms with Gasteiger partial charge in [0.05, 0.1) is 0 Å². The fraction of sp³-hybridized carbons (Fsp3) is 0.0357. The van der Waals surface area contributed by atoms with Gasteiger partial charge >= 0.3 is 0 Å². The van der Waals surface area contributed by atoms with Crippen LogP contribution in [0.3, 0.4) is 0 Å². The van der Waals surface area contributed by atoms with Crippen LogP contribution in [0.2, 0.25) is 0 Å². The Morgan fingerprint density at radius 2 is 0.807 bits per heavy atom. The molecule has 1 heteroatoms. The number of rotatable bonds is 8. The Morgan fingerprint density at radius 3 is 1.44 bits per heavy atom. The van der Waals surface area contributed by atoms with E-state index in [1.165, 1.54) is 82.9 Å². The largest absolute Gasteiger partial charge is 0.314 e. The normalized spacial score (nSPS) is 12.6. The van der Waals surface area contributed by atoms with E-state index in [2.05, 4.69) is 229 Å². The van der Waals surface area contributed by atoms with E-state index in [-0.39, 0.29) is 0 Å². The molecular formula is C56H41N. The van der Waals surface area contributed by atoms with E-state index in [0.717, 1.165) is 24.2 Å². The molecule has 9 aromatic carbocycles. The second-order valence-electron chi connectivity index (χ2n) is 14.8. The van der Waals surface area contributed by atoms with Crippen molar-refractivity contribution in [3.63, 3.8) is 0 Å². The van der Waals surface area contributed by atoms with Crippen LogP contribution in [0.5, 0.6) is 0 Å². The molecule has 1 nitrogen and oxygen atoms in total. The van der Waals surface area contributed by atoms with Crippen molar-refractivity contribution >= 4 is 38.5 Å². The Kier molecular flexibility index (Phi) is 9.10. The standard InChI is InChI=1S/C56H41N/c1-4-14-40(15-5-1)42-24-26-43(27-25-42)45-30-34-49(35-31-45)57(48-32-28-44(29-33-48)41-16-6-2-7-17-41)50-36-37-54(55(39-50)46-18-8-3-9-19-46)56-38-47-20-10-11-21-51(47)52-22-12-13-23-53(52)56/h1-28,30-32,34-39H,29,33H2. The lowest BCUT2D eigenvalue weighted by Crippen LogP contribution is -2.18. The lowest BCUT2D eigenvalue weighted by Gasteiger charge is -2.31. The molecule has 10 rings (SSSR count). The smallest absolute Gasteiger partial charge is 0.0465 e. The molecule has 0 saturated heterocycles. The van der Waals surface area contributed by atoms with Gasteiger partial charge in [-0.2, -0.15) is 0 Å². The molecule has 0 radical (unpaired) electrons. The highest BCUT2D eigenvalue weighted by molar-refractivity contribution is 6.15. The zero-order valence-corrected chi connectivity index (χ0v) is 31.7. The van der Waals surface area contributed by atoms with Crippen LogP contribution in [0.4, 0.5) is 11.4 Å². The van der Waals surface area contributed by atoms with Gasteiger partial charge in [-0.1, -0.05) is 188 Å². The molecule has 0 unspecified atom stereocenters. The van der Waals surface area contributed by atoms with E-state index in [1.807, 2.05) is 0 Å². The van der Waals surface area contributed by atoms with Gasteiger partial charge in [-0.05, 0) is 126 Å². The lowest BCUT2D eigenvalue weighted by molar-refractivity contribution is 0.930. The average Bonchev–Trinajstić information content (AvgIpc) is 3.30. The Bertz CT molecular complexity index is 2900. The summed E-state index contributed by atoms with van der Waals surface area (Å²) in [6.07, 6.45) is 6.55. The molecule has 0 atom stereocenters. The quantitative estimate of drug-likeness (QED) is 0.141. The summed E-state index contributed by atoms with van der Waals surface area (Å²) in [7, 11) is 0. The van der Waals surface area contributed by atoms with Gasteiger partial charge in [-0.15, -0.1) is 0 Å². The third-order valence-corrected chi connectivity index (χ3v) is 11.4. The van der Waals surface area contributed by atoms with E-state index in [9.17, 15) is 0 Å². The first-order chi connectivity index (χ1) is 28.3. The molecule has 270 valence electrons. The Hall–Kier alpha value is -7.22. The highest BCUT2D eigenvalue weighted by Crippen LogP contribution is 2.44. The lowest BCUT2D eigenvalue weighted by atomic mass is 9.88. The van der Waals surface area contributed by atoms with E-state index in [0.29, 0.717) is 0 Å². The summed E-state index contributed by atoms with van der Waals surface area (Å²) in [5.74, 6) is 0. The summed E-state index contributed by atoms with van der Waals surface area (Å²) in [5, 5.41) is 5.07. The van der Waals surface area contributed by atoms with Crippen molar-refractivity contribution in [1.82, 2.24) is 0 Å². The minimum absolute atomic E-state index is 0.932. The number of hydrogen-bond acceptors (Lipinski definition) is 1. The van der Waals surface area contributed by atoms with Crippen molar-refractivity contribution in [2.24, 2.45) is 0 Å². The van der Waals surface area contributed by atoms with E-state index in [1.54, 1.807) is 0 Å². The number of nitrogens with zero attached hydrogens (tertiary/aromatic N) is 1. The van der Waals surface area contributed by atoms with Crippen molar-refractivity contribution in [2.75, 3.05) is 4.90 Å². The molecule has 0 aromatic heterocycles. The maximum atomic E-state index is 2.47. The first kappa shape index (κ1) is 34.3. The number of benzene rings is 9. The zero-order chi connectivity index (χ0) is 38.0. The predicted molar refractivity (Wildman–Crippen MR) is 244 cm³/mol. The molecular weight excluding hydrogens is 687 g/mol. The SMILES string of the molecule is C1=C(c2ccccc2)CCC(N(c2ccc(-c3ccc(-c4ccccc4)cc3)cc2)c2ccc(-c3cc4ccccc4c4ccccc34)c(-c3ccccc3)c2)=C1. The number of allylic oxidation sites excluding steroid dienone is 4. The third kappa shape index (κ3) is 6.75. The van der Waals surface area contributed by atoms with Gasteiger partial charge in [0, 0.05) is 17.1 Å². The van der Waals surface area contributed by atoms with Crippen molar-refractivity contribution in [2.45, 2.75) is 12.8 Å². The molecule has 1 aliphatic rings. The van der Waals surface area contributed by atoms with Gasteiger partial charge < -0.3 is 4.90 Å². The van der Waals surface area contributed by atoms with Crippen molar-refractivity contribution < 1.29 is 0 Å². The Labute approximate surface area is 335 Å². The van der Waals surface area contributed by atoms with Gasteiger partial charge in [0.1, 0.15) is 0 Å². The van der Waals surface area contributed by atoms with Gasteiger partial charge in [0.25, 0.3) is 0 Å². The average molecular weight is 728 g/mol. The highest BCUT2D eigenvalue weighted by atomic mass is 15.1. The molecule has 0 N–H and O–H groups in total. The number of fused-ring (bicyclic) bond motifs is 3. The highest BCUT2D eigenvalue weighted by Gasteiger charge is 2.21. The van der Waals surface area contributed by atoms with Crippen molar-refractivity contribution in [1.29, 1.82) is 0 Å². The Balaban J connectivity index is 1.10. The monoisotopic (exact) mass is 727 g/mol. The van der Waals surface area contributed by atoms with Gasteiger partial charge in [-0.3, -0.25) is 0 Å². The first-order valence-electron chi connectivity index (χ1n) is 19.9. The fourth-order valence-electron chi connectivity index (χ4n) is 8.51. The van der Waals surface area contributed by atoms with E-state index in [4.69, 9.17) is 0 Å². The van der Waals surface area contributed by atoms with Crippen LogP contribution in [0, 0.1) is 0 Å². The molecule has 0 aliphatic heterocycles. The molecule has 0 heterocycles. The van der Waals surface area contributed by atoms with Crippen LogP contribution in [0.1, 0.15) is 18.4 Å². The topological polar surface area (TPSA) is 3.24 Å². The van der Waals surface area contributed by atoms with Crippen LogP contribution in [-0.4, -0.2) is 0 Å². The van der Waals surface area contributed by atoms with Crippen molar-refractivity contribution in [3.05, 3.63) is 236 Å². The van der Waals surface area contributed by atoms with Crippen molar-refractivity contribution in [3.8, 4) is 44.5 Å². The molecule has 0 amide bonds. The molecule has 57 heavy (non-hydrogen) atoms. The second-order valence-corrected chi connectivity index (χ2v) is 14.8. The fourth-order valence-corrected chi connectivity index (χ4v) is 8.51. The minimum Gasteiger partial charge on any atom is -0.314 e. The molecule has 9 aromatic rings. The predicted octanol–water partition coefficient (Wildman–Crippen LogP) is 15.6. The number of hydrogen-bond donors (Lipinski definition) is 0. The van der Waals surface area contributed by atoms with Crippen LogP contribution in [0.15, 0.2) is 230 Å².